The van der Waals surface area contributed by atoms with Crippen molar-refractivity contribution in [3.8, 4) is 11.5 Å². The van der Waals surface area contributed by atoms with Gasteiger partial charge in [-0.05, 0) is 30.5 Å². The van der Waals surface area contributed by atoms with Gasteiger partial charge in [0.25, 0.3) is 0 Å². The number of nitrogens with zero attached hydrogens (tertiary/aromatic N) is 1. The molecule has 3 rings (SSSR count). The zero-order valence-corrected chi connectivity index (χ0v) is 17.4. The topological polar surface area (TPSA) is 84.9 Å². The molecule has 0 aliphatic carbocycles. The Morgan fingerprint density at radius 1 is 1.14 bits per heavy atom. The van der Waals surface area contributed by atoms with Crippen LogP contribution in [0.25, 0.3) is 0 Å². The maximum Gasteiger partial charge on any atom is 0.232 e. The van der Waals surface area contributed by atoms with Crippen molar-refractivity contribution in [2.45, 2.75) is 32.2 Å². The molecule has 1 aliphatic rings. The van der Waals surface area contributed by atoms with Gasteiger partial charge in [0, 0.05) is 19.0 Å². The highest BCUT2D eigenvalue weighted by Crippen LogP contribution is 2.36. The van der Waals surface area contributed by atoms with Crippen LogP contribution in [0, 0.1) is 0 Å². The lowest BCUT2D eigenvalue weighted by molar-refractivity contribution is -0.121. The predicted molar refractivity (Wildman–Crippen MR) is 112 cm³/mol. The van der Waals surface area contributed by atoms with Crippen molar-refractivity contribution in [2.75, 3.05) is 23.9 Å². The number of ether oxygens (including phenoxy) is 2. The summed E-state index contributed by atoms with van der Waals surface area (Å²) in [5.41, 5.74) is 1.55. The minimum atomic E-state index is -3.50. The lowest BCUT2D eigenvalue weighted by Gasteiger charge is -2.23. The fourth-order valence-electron chi connectivity index (χ4n) is 3.28. The monoisotopic (exact) mass is 418 g/mol. The summed E-state index contributed by atoms with van der Waals surface area (Å²) < 4.78 is 36.4. The number of anilines is 1. The quantitative estimate of drug-likeness (QED) is 0.676. The van der Waals surface area contributed by atoms with E-state index in [1.54, 1.807) is 18.2 Å². The molecule has 0 saturated carbocycles. The Hall–Kier alpha value is -2.74. The molecule has 0 spiro atoms. The van der Waals surface area contributed by atoms with E-state index >= 15 is 0 Å². The van der Waals surface area contributed by atoms with Crippen LogP contribution in [-0.4, -0.2) is 33.9 Å². The van der Waals surface area contributed by atoms with Gasteiger partial charge in [-0.2, -0.15) is 0 Å². The van der Waals surface area contributed by atoms with E-state index in [1.807, 2.05) is 37.3 Å². The van der Waals surface area contributed by atoms with Crippen molar-refractivity contribution >= 4 is 21.6 Å². The fourth-order valence-corrected chi connectivity index (χ4v) is 4.24. The first kappa shape index (κ1) is 21.0. The summed E-state index contributed by atoms with van der Waals surface area (Å²) in [5, 5.41) is 3.03. The first-order valence-corrected chi connectivity index (χ1v) is 11.4. The molecule has 1 N–H and O–H groups in total. The van der Waals surface area contributed by atoms with Crippen LogP contribution in [0.5, 0.6) is 11.5 Å². The molecule has 29 heavy (non-hydrogen) atoms. The molecule has 0 saturated heterocycles. The van der Waals surface area contributed by atoms with Crippen molar-refractivity contribution in [1.29, 1.82) is 0 Å². The minimum absolute atomic E-state index is 0.0522. The third-order valence-electron chi connectivity index (χ3n) is 4.75. The van der Waals surface area contributed by atoms with E-state index in [1.165, 1.54) is 4.31 Å². The van der Waals surface area contributed by atoms with E-state index in [9.17, 15) is 13.2 Å². The summed E-state index contributed by atoms with van der Waals surface area (Å²) >= 11 is 0. The maximum atomic E-state index is 12.4. The zero-order chi connectivity index (χ0) is 20.9. The lowest BCUT2D eigenvalue weighted by atomic mass is 10.0. The predicted octanol–water partition coefficient (Wildman–Crippen LogP) is 3.23. The van der Waals surface area contributed by atoms with Crippen LogP contribution < -0.4 is 19.1 Å². The number of fused-ring (bicyclic) bond motifs is 1. The normalized spacial score (nSPS) is 13.7. The third kappa shape index (κ3) is 5.41. The van der Waals surface area contributed by atoms with Crippen molar-refractivity contribution in [2.24, 2.45) is 0 Å². The van der Waals surface area contributed by atoms with Crippen molar-refractivity contribution in [3.63, 3.8) is 0 Å². The maximum absolute atomic E-state index is 12.4. The molecule has 0 unspecified atom stereocenters. The Kier molecular flexibility index (Phi) is 6.64. The van der Waals surface area contributed by atoms with Gasteiger partial charge in [-0.3, -0.25) is 9.10 Å². The van der Waals surface area contributed by atoms with Crippen LogP contribution in [0.3, 0.4) is 0 Å². The molecule has 1 heterocycles. The summed E-state index contributed by atoms with van der Waals surface area (Å²) in [5.74, 6) is 1.01. The van der Waals surface area contributed by atoms with E-state index in [-0.39, 0.29) is 31.7 Å². The summed E-state index contributed by atoms with van der Waals surface area (Å²) in [6.45, 7) is 2.34. The number of hydrogen-bond donors (Lipinski definition) is 1. The average Bonchev–Trinajstić information content (AvgIpc) is 3.17. The van der Waals surface area contributed by atoms with Gasteiger partial charge in [-0.25, -0.2) is 8.42 Å². The Bertz CT molecular complexity index is 947. The molecule has 1 atom stereocenters. The highest BCUT2D eigenvalue weighted by atomic mass is 32.2. The largest absolute Gasteiger partial charge is 0.454 e. The number of benzene rings is 2. The highest BCUT2D eigenvalue weighted by molar-refractivity contribution is 7.92. The van der Waals surface area contributed by atoms with E-state index in [2.05, 4.69) is 5.32 Å². The Morgan fingerprint density at radius 3 is 2.55 bits per heavy atom. The second-order valence-corrected chi connectivity index (χ2v) is 8.82. The Morgan fingerprint density at radius 2 is 1.86 bits per heavy atom. The molecule has 2 aromatic carbocycles. The molecule has 8 heteroatoms. The average molecular weight is 419 g/mol. The highest BCUT2D eigenvalue weighted by Gasteiger charge is 2.22. The molecule has 0 aromatic heterocycles. The molecule has 0 bridgehead atoms. The summed E-state index contributed by atoms with van der Waals surface area (Å²) in [7, 11) is -3.50. The number of amides is 1. The Balaban J connectivity index is 1.59. The van der Waals surface area contributed by atoms with Crippen LogP contribution in [0.15, 0.2) is 48.5 Å². The third-order valence-corrected chi connectivity index (χ3v) is 5.95. The molecule has 0 fully saturated rings. The fraction of sp³-hybridized carbons (Fsp3) is 0.381. The van der Waals surface area contributed by atoms with Gasteiger partial charge in [0.2, 0.25) is 22.7 Å². The van der Waals surface area contributed by atoms with Crippen molar-refractivity contribution < 1.29 is 22.7 Å². The first-order valence-electron chi connectivity index (χ1n) is 9.60. The lowest BCUT2D eigenvalue weighted by Crippen LogP contribution is -2.33. The van der Waals surface area contributed by atoms with Gasteiger partial charge in [0.1, 0.15) is 0 Å². The van der Waals surface area contributed by atoms with Crippen LogP contribution >= 0.6 is 0 Å². The summed E-state index contributed by atoms with van der Waals surface area (Å²) in [6.07, 6.45) is 2.57. The Labute approximate surface area is 171 Å². The first-order chi connectivity index (χ1) is 13.9. The van der Waals surface area contributed by atoms with E-state index in [4.69, 9.17) is 9.47 Å². The molecule has 1 amide bonds. The summed E-state index contributed by atoms with van der Waals surface area (Å²) in [6, 6.07) is 14.8. The van der Waals surface area contributed by atoms with Gasteiger partial charge < -0.3 is 14.8 Å². The smallest absolute Gasteiger partial charge is 0.232 e. The number of nitrogens with one attached hydrogen (secondary N) is 1. The minimum Gasteiger partial charge on any atom is -0.454 e. The van der Waals surface area contributed by atoms with Gasteiger partial charge >= 0.3 is 0 Å². The van der Waals surface area contributed by atoms with Gasteiger partial charge in [-0.15, -0.1) is 0 Å². The second-order valence-electron chi connectivity index (χ2n) is 6.92. The summed E-state index contributed by atoms with van der Waals surface area (Å²) in [4.78, 5) is 12.4. The van der Waals surface area contributed by atoms with Gasteiger partial charge in [0.15, 0.2) is 11.5 Å². The molecule has 156 valence electrons. The van der Waals surface area contributed by atoms with E-state index in [0.29, 0.717) is 23.6 Å². The number of rotatable bonds is 9. The number of carbonyl (C=O) groups is 1. The number of hydrogen-bond acceptors (Lipinski definition) is 5. The van der Waals surface area contributed by atoms with Crippen molar-refractivity contribution in [1.82, 2.24) is 5.32 Å². The molecule has 0 radical (unpaired) electrons. The van der Waals surface area contributed by atoms with E-state index < -0.39 is 10.0 Å². The molecule has 2 aromatic rings. The van der Waals surface area contributed by atoms with Crippen LogP contribution in [0.4, 0.5) is 5.69 Å². The molecular formula is C21H26N2O5S. The van der Waals surface area contributed by atoms with Gasteiger partial charge in [-0.1, -0.05) is 37.3 Å². The molecule has 1 aliphatic heterocycles. The second kappa shape index (κ2) is 9.17. The standard InChI is InChI=1S/C21H26N2O5S/c1-3-18(16-8-5-4-6-9-16)22-21(24)10-7-13-23(29(2,25)26)17-11-12-19-20(14-17)28-15-27-19/h4-6,8-9,11-12,14,18H,3,7,10,13,15H2,1-2H3,(H,22,24)/t18-/m0/s1. The van der Waals surface area contributed by atoms with Crippen LogP contribution in [-0.2, 0) is 14.8 Å². The SMILES string of the molecule is CC[C@H](NC(=O)CCCN(c1ccc2c(c1)OCO2)S(C)(=O)=O)c1ccccc1. The van der Waals surface area contributed by atoms with Gasteiger partial charge in [0.05, 0.1) is 18.0 Å². The molecular weight excluding hydrogens is 392 g/mol. The number of sulfonamides is 1. The van der Waals surface area contributed by atoms with E-state index in [0.717, 1.165) is 18.2 Å². The van der Waals surface area contributed by atoms with Crippen LogP contribution in [0.1, 0.15) is 37.8 Å². The number of carbonyl (C=O) groups excluding carboxylic acids is 1. The van der Waals surface area contributed by atoms with Crippen molar-refractivity contribution in [3.05, 3.63) is 54.1 Å². The zero-order valence-electron chi connectivity index (χ0n) is 16.6. The molecule has 7 nitrogen and oxygen atoms in total. The van der Waals surface area contributed by atoms with Crippen LogP contribution in [0.2, 0.25) is 0 Å².